The molecule has 1 heterocycles. The number of nitrogens with zero attached hydrogens (tertiary/aromatic N) is 2. The lowest BCUT2D eigenvalue weighted by molar-refractivity contribution is 0.0681. The molecule has 0 saturated carbocycles. The quantitative estimate of drug-likeness (QED) is 0.480. The Balaban J connectivity index is 2.04. The number of hydrogen-bond donors (Lipinski definition) is 0. The van der Waals surface area contributed by atoms with Crippen LogP contribution in [0.15, 0.2) is 5.18 Å². The van der Waals surface area contributed by atoms with Crippen LogP contribution in [-0.2, 0) is 4.74 Å². The van der Waals surface area contributed by atoms with Crippen LogP contribution < -0.4 is 0 Å². The highest BCUT2D eigenvalue weighted by Gasteiger charge is 2.18. The smallest absolute Gasteiger partial charge is 0.0938 e. The summed E-state index contributed by atoms with van der Waals surface area (Å²) in [5.74, 6) is 0.719. The van der Waals surface area contributed by atoms with E-state index in [9.17, 15) is 4.91 Å². The third-order valence-corrected chi connectivity index (χ3v) is 2.92. The van der Waals surface area contributed by atoms with Crippen LogP contribution in [0.5, 0.6) is 0 Å². The molecule has 4 heteroatoms. The number of hydrogen-bond acceptors (Lipinski definition) is 4. The average Bonchev–Trinajstić information content (AvgIpc) is 2.28. The Labute approximate surface area is 92.0 Å². The molecule has 1 saturated heterocycles. The third kappa shape index (κ3) is 5.23. The van der Waals surface area contributed by atoms with Gasteiger partial charge in [0.1, 0.15) is 0 Å². The summed E-state index contributed by atoms with van der Waals surface area (Å²) in [6.45, 7) is 7.37. The van der Waals surface area contributed by atoms with Gasteiger partial charge in [0.15, 0.2) is 0 Å². The van der Waals surface area contributed by atoms with Crippen molar-refractivity contribution in [1.82, 2.24) is 4.90 Å². The maximum atomic E-state index is 9.99. The molecule has 0 spiro atoms. The molecule has 4 nitrogen and oxygen atoms in total. The molecule has 0 unspecified atom stereocenters. The summed E-state index contributed by atoms with van der Waals surface area (Å²) in [6, 6.07) is 0. The standard InChI is InChI=1S/C11H22N2O2/c1-2-9-15-10-11-3-6-13(7-4-11)8-5-12-14/h11H,2-10H2,1H3. The third-order valence-electron chi connectivity index (χ3n) is 2.92. The van der Waals surface area contributed by atoms with Crippen LogP contribution in [0.4, 0.5) is 0 Å². The van der Waals surface area contributed by atoms with Gasteiger partial charge < -0.3 is 9.64 Å². The molecule has 88 valence electrons. The molecule has 0 N–H and O–H groups in total. The van der Waals surface area contributed by atoms with Crippen molar-refractivity contribution in [3.63, 3.8) is 0 Å². The molecule has 15 heavy (non-hydrogen) atoms. The van der Waals surface area contributed by atoms with E-state index in [1.807, 2.05) is 0 Å². The zero-order valence-corrected chi connectivity index (χ0v) is 9.65. The SMILES string of the molecule is CCCOCC1CCN(CCN=O)CC1. The summed E-state index contributed by atoms with van der Waals surface area (Å²) in [5, 5.41) is 2.89. The van der Waals surface area contributed by atoms with Crippen molar-refractivity contribution in [1.29, 1.82) is 0 Å². The Hall–Kier alpha value is -0.480. The van der Waals surface area contributed by atoms with Gasteiger partial charge in [-0.3, -0.25) is 0 Å². The van der Waals surface area contributed by atoms with E-state index < -0.39 is 0 Å². The van der Waals surface area contributed by atoms with Crippen molar-refractivity contribution in [3.05, 3.63) is 4.91 Å². The second-order valence-electron chi connectivity index (χ2n) is 4.21. The van der Waals surface area contributed by atoms with E-state index in [1.54, 1.807) is 0 Å². The van der Waals surface area contributed by atoms with E-state index in [2.05, 4.69) is 17.0 Å². The number of rotatable bonds is 7. The van der Waals surface area contributed by atoms with Crippen LogP contribution in [0.25, 0.3) is 0 Å². The van der Waals surface area contributed by atoms with E-state index in [0.717, 1.165) is 45.2 Å². The van der Waals surface area contributed by atoms with Gasteiger partial charge in [-0.25, -0.2) is 0 Å². The minimum absolute atomic E-state index is 0.428. The average molecular weight is 214 g/mol. The normalized spacial score (nSPS) is 19.3. The fourth-order valence-corrected chi connectivity index (χ4v) is 1.95. The van der Waals surface area contributed by atoms with Gasteiger partial charge in [0.2, 0.25) is 0 Å². The Morgan fingerprint density at radius 1 is 1.40 bits per heavy atom. The van der Waals surface area contributed by atoms with Gasteiger partial charge in [0.25, 0.3) is 0 Å². The Morgan fingerprint density at radius 3 is 2.73 bits per heavy atom. The van der Waals surface area contributed by atoms with Crippen LogP contribution in [0, 0.1) is 10.8 Å². The molecule has 1 fully saturated rings. The highest BCUT2D eigenvalue weighted by molar-refractivity contribution is 4.72. The van der Waals surface area contributed by atoms with Crippen molar-refractivity contribution in [2.45, 2.75) is 26.2 Å². The number of ether oxygens (including phenoxy) is 1. The molecule has 0 aliphatic carbocycles. The lowest BCUT2D eigenvalue weighted by Gasteiger charge is -2.31. The summed E-state index contributed by atoms with van der Waals surface area (Å²) in [4.78, 5) is 12.3. The van der Waals surface area contributed by atoms with E-state index in [0.29, 0.717) is 6.54 Å². The molecule has 1 aliphatic rings. The largest absolute Gasteiger partial charge is 0.381 e. The number of piperidine rings is 1. The first-order chi connectivity index (χ1) is 7.36. The minimum Gasteiger partial charge on any atom is -0.381 e. The van der Waals surface area contributed by atoms with Gasteiger partial charge in [-0.1, -0.05) is 12.1 Å². The second-order valence-corrected chi connectivity index (χ2v) is 4.21. The maximum Gasteiger partial charge on any atom is 0.0938 e. The van der Waals surface area contributed by atoms with Gasteiger partial charge in [0.05, 0.1) is 6.54 Å². The molecule has 0 aromatic heterocycles. The van der Waals surface area contributed by atoms with Crippen LogP contribution in [0.2, 0.25) is 0 Å². The molecule has 1 aliphatic heterocycles. The maximum absolute atomic E-state index is 9.99. The molecule has 1 rings (SSSR count). The van der Waals surface area contributed by atoms with Crippen molar-refractivity contribution >= 4 is 0 Å². The van der Waals surface area contributed by atoms with Gasteiger partial charge in [-0.05, 0) is 38.3 Å². The monoisotopic (exact) mass is 214 g/mol. The van der Waals surface area contributed by atoms with Crippen LogP contribution in [0.3, 0.4) is 0 Å². The molecular formula is C11H22N2O2. The van der Waals surface area contributed by atoms with Crippen LogP contribution >= 0.6 is 0 Å². The summed E-state index contributed by atoms with van der Waals surface area (Å²) in [6.07, 6.45) is 3.50. The highest BCUT2D eigenvalue weighted by Crippen LogP contribution is 2.17. The highest BCUT2D eigenvalue weighted by atomic mass is 16.5. The van der Waals surface area contributed by atoms with Crippen LogP contribution in [0.1, 0.15) is 26.2 Å². The zero-order chi connectivity index (χ0) is 10.9. The van der Waals surface area contributed by atoms with Gasteiger partial charge >= 0.3 is 0 Å². The first-order valence-electron chi connectivity index (χ1n) is 5.96. The van der Waals surface area contributed by atoms with Crippen molar-refractivity contribution in [2.75, 3.05) is 39.4 Å². The molecule has 0 amide bonds. The lowest BCUT2D eigenvalue weighted by Crippen LogP contribution is -2.36. The molecule has 0 aromatic carbocycles. The molecule has 0 aromatic rings. The molecule has 0 radical (unpaired) electrons. The van der Waals surface area contributed by atoms with Gasteiger partial charge in [-0.2, -0.15) is 4.91 Å². The fourth-order valence-electron chi connectivity index (χ4n) is 1.95. The summed E-state index contributed by atoms with van der Waals surface area (Å²) in [5.41, 5.74) is 0. The molecular weight excluding hydrogens is 192 g/mol. The summed E-state index contributed by atoms with van der Waals surface area (Å²) < 4.78 is 5.55. The van der Waals surface area contributed by atoms with Crippen molar-refractivity contribution in [2.24, 2.45) is 11.1 Å². The predicted octanol–water partition coefficient (Wildman–Crippen LogP) is 1.89. The first-order valence-corrected chi connectivity index (χ1v) is 5.96. The minimum atomic E-state index is 0.428. The van der Waals surface area contributed by atoms with Gasteiger partial charge in [-0.15, -0.1) is 0 Å². The van der Waals surface area contributed by atoms with Crippen molar-refractivity contribution < 1.29 is 4.74 Å². The van der Waals surface area contributed by atoms with Crippen molar-refractivity contribution in [3.8, 4) is 0 Å². The van der Waals surface area contributed by atoms with E-state index in [1.165, 1.54) is 12.8 Å². The Bertz CT molecular complexity index is 168. The zero-order valence-electron chi connectivity index (χ0n) is 9.65. The van der Waals surface area contributed by atoms with E-state index in [-0.39, 0.29) is 0 Å². The topological polar surface area (TPSA) is 41.9 Å². The summed E-state index contributed by atoms with van der Waals surface area (Å²) in [7, 11) is 0. The molecule has 0 bridgehead atoms. The second kappa shape index (κ2) is 7.77. The lowest BCUT2D eigenvalue weighted by atomic mass is 9.98. The van der Waals surface area contributed by atoms with E-state index >= 15 is 0 Å². The number of nitroso groups, excluding NO2 is 1. The van der Waals surface area contributed by atoms with E-state index in [4.69, 9.17) is 4.74 Å². The predicted molar refractivity (Wildman–Crippen MR) is 60.9 cm³/mol. The Kier molecular flexibility index (Phi) is 6.52. The van der Waals surface area contributed by atoms with Crippen LogP contribution in [-0.4, -0.2) is 44.3 Å². The number of likely N-dealkylation sites (tertiary alicyclic amines) is 1. The van der Waals surface area contributed by atoms with Gasteiger partial charge in [0, 0.05) is 19.8 Å². The summed E-state index contributed by atoms with van der Waals surface area (Å²) >= 11 is 0. The molecule has 0 atom stereocenters. The fraction of sp³-hybridized carbons (Fsp3) is 1.00. The Morgan fingerprint density at radius 2 is 2.13 bits per heavy atom. The first kappa shape index (κ1) is 12.6.